The summed E-state index contributed by atoms with van der Waals surface area (Å²) < 4.78 is 0. The van der Waals surface area contributed by atoms with Crippen LogP contribution in [0.4, 0.5) is 5.69 Å². The number of nitrogens with one attached hydrogen (secondary N) is 1. The highest BCUT2D eigenvalue weighted by Crippen LogP contribution is 2.26. The van der Waals surface area contributed by atoms with Crippen LogP contribution in [0.3, 0.4) is 0 Å². The Morgan fingerprint density at radius 1 is 1.05 bits per heavy atom. The molecule has 2 heteroatoms. The Balaban J connectivity index is 1.82. The Hall–Kier alpha value is -1.57. The SMILES string of the molecule is O=C(/C1=C/CCCCCC1)c1ccc2c(c1)NCC2. The van der Waals surface area contributed by atoms with Crippen LogP contribution in [0, 0.1) is 0 Å². The van der Waals surface area contributed by atoms with Crippen molar-refractivity contribution in [3.63, 3.8) is 0 Å². The lowest BCUT2D eigenvalue weighted by Crippen LogP contribution is -2.05. The second kappa shape index (κ2) is 5.60. The van der Waals surface area contributed by atoms with E-state index in [4.69, 9.17) is 0 Å². The number of carbonyl (C=O) groups excluding carboxylic acids is 1. The third-order valence-electron chi connectivity index (χ3n) is 4.16. The molecule has 0 radical (unpaired) electrons. The fourth-order valence-corrected chi connectivity index (χ4v) is 3.02. The van der Waals surface area contributed by atoms with Gasteiger partial charge in [-0.2, -0.15) is 0 Å². The molecule has 2 nitrogen and oxygen atoms in total. The fourth-order valence-electron chi connectivity index (χ4n) is 3.02. The van der Waals surface area contributed by atoms with E-state index in [9.17, 15) is 4.79 Å². The van der Waals surface area contributed by atoms with Crippen LogP contribution < -0.4 is 5.32 Å². The molecular weight excluding hydrogens is 234 g/mol. The molecule has 1 heterocycles. The fraction of sp³-hybridized carbons (Fsp3) is 0.471. The van der Waals surface area contributed by atoms with Gasteiger partial charge in [0.1, 0.15) is 0 Å². The molecule has 2 aliphatic rings. The van der Waals surface area contributed by atoms with Crippen LogP contribution in [0.25, 0.3) is 0 Å². The number of fused-ring (bicyclic) bond motifs is 1. The molecule has 3 rings (SSSR count). The van der Waals surface area contributed by atoms with E-state index in [1.807, 2.05) is 12.1 Å². The molecule has 19 heavy (non-hydrogen) atoms. The van der Waals surface area contributed by atoms with Gasteiger partial charge in [0.15, 0.2) is 5.78 Å². The molecule has 0 bridgehead atoms. The third kappa shape index (κ3) is 2.73. The highest BCUT2D eigenvalue weighted by Gasteiger charge is 2.16. The Bertz CT molecular complexity index is 516. The van der Waals surface area contributed by atoms with E-state index in [2.05, 4.69) is 17.5 Å². The molecule has 0 atom stereocenters. The number of benzene rings is 1. The van der Waals surface area contributed by atoms with Crippen LogP contribution in [0.15, 0.2) is 29.8 Å². The molecular formula is C17H21NO. The standard InChI is InChI=1S/C17H21NO/c19-17(14-6-4-2-1-3-5-7-14)15-9-8-13-10-11-18-16(13)12-15/h6,8-9,12,18H,1-5,7,10-11H2/b14-6+. The summed E-state index contributed by atoms with van der Waals surface area (Å²) in [4.78, 5) is 12.6. The van der Waals surface area contributed by atoms with Crippen LogP contribution in [-0.4, -0.2) is 12.3 Å². The van der Waals surface area contributed by atoms with E-state index in [0.29, 0.717) is 0 Å². The average molecular weight is 255 g/mol. The first-order valence-electron chi connectivity index (χ1n) is 7.45. The number of hydrogen-bond donors (Lipinski definition) is 1. The summed E-state index contributed by atoms with van der Waals surface area (Å²) in [6.45, 7) is 0.996. The lowest BCUT2D eigenvalue weighted by atomic mass is 9.93. The van der Waals surface area contributed by atoms with Crippen LogP contribution in [-0.2, 0) is 6.42 Å². The molecule has 0 amide bonds. The smallest absolute Gasteiger partial charge is 0.188 e. The first-order chi connectivity index (χ1) is 9.34. The van der Waals surface area contributed by atoms with Crippen molar-refractivity contribution in [2.24, 2.45) is 0 Å². The summed E-state index contributed by atoms with van der Waals surface area (Å²) in [7, 11) is 0. The van der Waals surface area contributed by atoms with Crippen LogP contribution in [0.1, 0.15) is 54.4 Å². The summed E-state index contributed by atoms with van der Waals surface area (Å²) in [5, 5.41) is 3.35. The molecule has 1 aromatic carbocycles. The zero-order valence-corrected chi connectivity index (χ0v) is 11.4. The number of allylic oxidation sites excluding steroid dienone is 2. The number of Topliss-reactive ketones (excluding diaryl/α,β-unsaturated/α-hetero) is 1. The minimum atomic E-state index is 0.235. The summed E-state index contributed by atoms with van der Waals surface area (Å²) in [6.07, 6.45) is 10.2. The van der Waals surface area contributed by atoms with Gasteiger partial charge in [-0.05, 0) is 49.3 Å². The van der Waals surface area contributed by atoms with Crippen LogP contribution in [0.5, 0.6) is 0 Å². The molecule has 1 aromatic rings. The van der Waals surface area contributed by atoms with E-state index in [-0.39, 0.29) is 5.78 Å². The van der Waals surface area contributed by atoms with Crippen LogP contribution >= 0.6 is 0 Å². The Morgan fingerprint density at radius 3 is 2.89 bits per heavy atom. The normalized spacial score (nSPS) is 21.6. The van der Waals surface area contributed by atoms with Crippen molar-refractivity contribution in [1.82, 2.24) is 0 Å². The van der Waals surface area contributed by atoms with Crippen molar-refractivity contribution >= 4 is 11.5 Å². The van der Waals surface area contributed by atoms with Crippen molar-refractivity contribution in [3.8, 4) is 0 Å². The monoisotopic (exact) mass is 255 g/mol. The molecule has 1 aliphatic carbocycles. The van der Waals surface area contributed by atoms with Crippen molar-refractivity contribution in [2.75, 3.05) is 11.9 Å². The van der Waals surface area contributed by atoms with Gasteiger partial charge in [0.25, 0.3) is 0 Å². The van der Waals surface area contributed by atoms with E-state index < -0.39 is 0 Å². The van der Waals surface area contributed by atoms with Crippen molar-refractivity contribution in [2.45, 2.75) is 44.9 Å². The molecule has 1 N–H and O–H groups in total. The zero-order chi connectivity index (χ0) is 13.1. The van der Waals surface area contributed by atoms with Gasteiger partial charge in [-0.3, -0.25) is 4.79 Å². The number of carbonyl (C=O) groups is 1. The second-order valence-electron chi connectivity index (χ2n) is 5.56. The summed E-state index contributed by atoms with van der Waals surface area (Å²) >= 11 is 0. The van der Waals surface area contributed by atoms with E-state index in [1.54, 1.807) is 0 Å². The van der Waals surface area contributed by atoms with E-state index >= 15 is 0 Å². The molecule has 1 aliphatic heterocycles. The van der Waals surface area contributed by atoms with Gasteiger partial charge < -0.3 is 5.32 Å². The highest BCUT2D eigenvalue weighted by molar-refractivity contribution is 6.09. The largest absolute Gasteiger partial charge is 0.384 e. The zero-order valence-electron chi connectivity index (χ0n) is 11.4. The Morgan fingerprint density at radius 2 is 1.95 bits per heavy atom. The first-order valence-corrected chi connectivity index (χ1v) is 7.45. The molecule has 0 saturated carbocycles. The van der Waals surface area contributed by atoms with Gasteiger partial charge in [0.2, 0.25) is 0 Å². The van der Waals surface area contributed by atoms with Gasteiger partial charge in [-0.15, -0.1) is 0 Å². The number of ketones is 1. The topological polar surface area (TPSA) is 29.1 Å². The molecule has 0 saturated heterocycles. The van der Waals surface area contributed by atoms with Crippen molar-refractivity contribution < 1.29 is 4.79 Å². The highest BCUT2D eigenvalue weighted by atomic mass is 16.1. The van der Waals surface area contributed by atoms with E-state index in [1.165, 1.54) is 24.8 Å². The molecule has 0 unspecified atom stereocenters. The molecule has 0 spiro atoms. The summed E-state index contributed by atoms with van der Waals surface area (Å²) in [6, 6.07) is 6.13. The third-order valence-corrected chi connectivity index (χ3v) is 4.16. The van der Waals surface area contributed by atoms with Crippen molar-refractivity contribution in [3.05, 3.63) is 41.0 Å². The number of hydrogen-bond acceptors (Lipinski definition) is 2. The minimum Gasteiger partial charge on any atom is -0.384 e. The van der Waals surface area contributed by atoms with Gasteiger partial charge in [-0.1, -0.05) is 31.1 Å². The van der Waals surface area contributed by atoms with Crippen LogP contribution in [0.2, 0.25) is 0 Å². The van der Waals surface area contributed by atoms with Gasteiger partial charge >= 0.3 is 0 Å². The quantitative estimate of drug-likeness (QED) is 0.805. The maximum absolute atomic E-state index is 12.6. The van der Waals surface area contributed by atoms with Gasteiger partial charge in [0, 0.05) is 17.8 Å². The maximum Gasteiger partial charge on any atom is 0.188 e. The Kier molecular flexibility index (Phi) is 3.67. The lowest BCUT2D eigenvalue weighted by molar-refractivity contribution is 0.102. The first kappa shape index (κ1) is 12.5. The van der Waals surface area contributed by atoms with E-state index in [0.717, 1.165) is 49.1 Å². The molecule has 0 fully saturated rings. The number of rotatable bonds is 2. The predicted octanol–water partition coefficient (Wildman–Crippen LogP) is 4.12. The number of anilines is 1. The van der Waals surface area contributed by atoms with Crippen molar-refractivity contribution in [1.29, 1.82) is 0 Å². The lowest BCUT2D eigenvalue weighted by Gasteiger charge is -2.11. The summed E-state index contributed by atoms with van der Waals surface area (Å²) in [5.41, 5.74) is 4.36. The second-order valence-corrected chi connectivity index (χ2v) is 5.56. The molecule has 0 aromatic heterocycles. The van der Waals surface area contributed by atoms with Gasteiger partial charge in [-0.25, -0.2) is 0 Å². The average Bonchev–Trinajstić information content (AvgIpc) is 2.84. The minimum absolute atomic E-state index is 0.235. The summed E-state index contributed by atoms with van der Waals surface area (Å²) in [5.74, 6) is 0.235. The maximum atomic E-state index is 12.6. The predicted molar refractivity (Wildman–Crippen MR) is 78.8 cm³/mol. The Labute approximate surface area is 114 Å². The van der Waals surface area contributed by atoms with Gasteiger partial charge in [0.05, 0.1) is 0 Å². The molecule has 100 valence electrons.